The molecule has 2 atom stereocenters. The van der Waals surface area contributed by atoms with Crippen molar-refractivity contribution < 1.29 is 22.7 Å². The number of carbonyl (C=O) groups is 1. The number of fused-ring (bicyclic) bond motifs is 1. The van der Waals surface area contributed by atoms with E-state index in [2.05, 4.69) is 10.1 Å². The van der Waals surface area contributed by atoms with E-state index in [-0.39, 0.29) is 27.2 Å². The molecule has 0 aliphatic carbocycles. The quantitative estimate of drug-likeness (QED) is 0.775. The minimum absolute atomic E-state index is 0. The fraction of sp³-hybridized carbons (Fsp3) is 0.615. The molecule has 0 bridgehead atoms. The molecule has 130 valence electrons. The van der Waals surface area contributed by atoms with Gasteiger partial charge in [0.1, 0.15) is 4.88 Å². The number of rotatable bonds is 4. The highest BCUT2D eigenvalue weighted by molar-refractivity contribution is 7.91. The monoisotopic (exact) mass is 382 g/mol. The molecular weight excluding hydrogens is 364 g/mol. The Morgan fingerprint density at radius 3 is 2.43 bits per heavy atom. The predicted octanol–water partition coefficient (Wildman–Crippen LogP) is 0.805. The molecule has 2 fully saturated rings. The highest BCUT2D eigenvalue weighted by atomic mass is 35.5. The van der Waals surface area contributed by atoms with Gasteiger partial charge < -0.3 is 14.8 Å². The van der Waals surface area contributed by atoms with Gasteiger partial charge in [0.2, 0.25) is 0 Å². The molecule has 0 unspecified atom stereocenters. The molecule has 1 aromatic rings. The summed E-state index contributed by atoms with van der Waals surface area (Å²) in [6.45, 7) is 2.72. The molecule has 0 radical (unpaired) electrons. The van der Waals surface area contributed by atoms with E-state index >= 15 is 0 Å². The lowest BCUT2D eigenvalue weighted by molar-refractivity contribution is 0.0606. The summed E-state index contributed by atoms with van der Waals surface area (Å²) in [6, 6.07) is 1.42. The lowest BCUT2D eigenvalue weighted by Gasteiger charge is -2.17. The van der Waals surface area contributed by atoms with Crippen molar-refractivity contribution >= 4 is 39.7 Å². The van der Waals surface area contributed by atoms with Crippen LogP contribution in [0.15, 0.2) is 10.3 Å². The summed E-state index contributed by atoms with van der Waals surface area (Å²) in [4.78, 5) is 11.8. The Bertz CT molecular complexity index is 679. The van der Waals surface area contributed by atoms with E-state index in [4.69, 9.17) is 4.74 Å². The largest absolute Gasteiger partial charge is 0.494 e. The number of halogens is 1. The van der Waals surface area contributed by atoms with Crippen LogP contribution in [-0.2, 0) is 14.8 Å². The third-order valence-electron chi connectivity index (χ3n) is 4.20. The zero-order chi connectivity index (χ0) is 15.9. The van der Waals surface area contributed by atoms with E-state index < -0.39 is 16.0 Å². The number of esters is 1. The number of methoxy groups -OCH3 is 2. The Balaban J connectivity index is 0.00000192. The van der Waals surface area contributed by atoms with Gasteiger partial charge in [0, 0.05) is 19.2 Å². The molecule has 1 aromatic heterocycles. The standard InChI is InChI=1S/C13H18N2O5S2.ClH/c1-19-10-3-11(12(16)20-2)21-13(10)22(17,18)15-6-8-4-14-5-9(8)7-15;/h3,8-9,14H,4-7H2,1-2H3;1H/t8-,9+;. The topological polar surface area (TPSA) is 84.9 Å². The van der Waals surface area contributed by atoms with Crippen molar-refractivity contribution in [3.63, 3.8) is 0 Å². The number of sulfonamides is 1. The van der Waals surface area contributed by atoms with E-state index in [1.54, 1.807) is 0 Å². The Morgan fingerprint density at radius 1 is 1.30 bits per heavy atom. The molecule has 0 saturated carbocycles. The normalized spacial score (nSPS) is 24.1. The van der Waals surface area contributed by atoms with Gasteiger partial charge in [0.25, 0.3) is 10.0 Å². The lowest BCUT2D eigenvalue weighted by atomic mass is 10.0. The molecule has 2 aliphatic rings. The Morgan fingerprint density at radius 2 is 1.91 bits per heavy atom. The maximum Gasteiger partial charge on any atom is 0.348 e. The number of hydrogen-bond acceptors (Lipinski definition) is 7. The fourth-order valence-electron chi connectivity index (χ4n) is 3.01. The van der Waals surface area contributed by atoms with Gasteiger partial charge in [-0.05, 0) is 24.9 Å². The summed E-state index contributed by atoms with van der Waals surface area (Å²) in [5.74, 6) is 0.356. The van der Waals surface area contributed by atoms with Gasteiger partial charge in [-0.25, -0.2) is 13.2 Å². The summed E-state index contributed by atoms with van der Waals surface area (Å²) in [5.41, 5.74) is 0. The van der Waals surface area contributed by atoms with Crippen molar-refractivity contribution in [3.05, 3.63) is 10.9 Å². The van der Waals surface area contributed by atoms with Crippen molar-refractivity contribution in [2.75, 3.05) is 40.4 Å². The third kappa shape index (κ3) is 3.20. The summed E-state index contributed by atoms with van der Waals surface area (Å²) < 4.78 is 37.1. The molecule has 0 aromatic carbocycles. The van der Waals surface area contributed by atoms with Crippen LogP contribution in [0.1, 0.15) is 9.67 Å². The van der Waals surface area contributed by atoms with Gasteiger partial charge in [0.15, 0.2) is 9.96 Å². The molecule has 2 aliphatic heterocycles. The van der Waals surface area contributed by atoms with E-state index in [0.29, 0.717) is 24.9 Å². The maximum absolute atomic E-state index is 12.9. The summed E-state index contributed by atoms with van der Waals surface area (Å²) in [6.07, 6.45) is 0. The van der Waals surface area contributed by atoms with Crippen LogP contribution >= 0.6 is 23.7 Å². The number of ether oxygens (including phenoxy) is 2. The fourth-order valence-corrected chi connectivity index (χ4v) is 6.20. The number of thiophene rings is 1. The SMILES string of the molecule is COC(=O)c1cc(OC)c(S(=O)(=O)N2C[C@H]3CNC[C@H]3C2)s1.Cl. The van der Waals surface area contributed by atoms with E-state index in [9.17, 15) is 13.2 Å². The van der Waals surface area contributed by atoms with Gasteiger partial charge in [0.05, 0.1) is 14.2 Å². The van der Waals surface area contributed by atoms with Crippen LogP contribution in [0.25, 0.3) is 0 Å². The summed E-state index contributed by atoms with van der Waals surface area (Å²) in [5, 5.41) is 3.28. The van der Waals surface area contributed by atoms with Crippen molar-refractivity contribution in [2.24, 2.45) is 11.8 Å². The molecular formula is C13H19ClN2O5S2. The molecule has 3 rings (SSSR count). The highest BCUT2D eigenvalue weighted by Gasteiger charge is 2.43. The van der Waals surface area contributed by atoms with E-state index in [1.165, 1.54) is 24.6 Å². The first kappa shape index (κ1) is 18.5. The minimum atomic E-state index is -3.65. The molecule has 0 amide bonds. The Kier molecular flexibility index (Phi) is 5.57. The first-order valence-electron chi connectivity index (χ1n) is 6.94. The van der Waals surface area contributed by atoms with Crippen LogP contribution in [0.3, 0.4) is 0 Å². The average Bonchev–Trinajstić information content (AvgIpc) is 3.19. The molecule has 23 heavy (non-hydrogen) atoms. The highest BCUT2D eigenvalue weighted by Crippen LogP contribution is 2.39. The van der Waals surface area contributed by atoms with Gasteiger partial charge in [-0.1, -0.05) is 0 Å². The van der Waals surface area contributed by atoms with Crippen LogP contribution < -0.4 is 10.1 Å². The summed E-state index contributed by atoms with van der Waals surface area (Å²) in [7, 11) is -0.998. The van der Waals surface area contributed by atoms with Crippen LogP contribution in [0, 0.1) is 11.8 Å². The second-order valence-corrected chi connectivity index (χ2v) is 8.64. The number of nitrogens with zero attached hydrogens (tertiary/aromatic N) is 1. The average molecular weight is 383 g/mol. The third-order valence-corrected chi connectivity index (χ3v) is 7.62. The second-order valence-electron chi connectivity index (χ2n) is 5.46. The zero-order valence-corrected chi connectivity index (χ0v) is 15.2. The van der Waals surface area contributed by atoms with Crippen LogP contribution in [0.5, 0.6) is 5.75 Å². The van der Waals surface area contributed by atoms with Crippen molar-refractivity contribution in [1.82, 2.24) is 9.62 Å². The minimum Gasteiger partial charge on any atom is -0.494 e. The number of nitrogens with one attached hydrogen (secondary N) is 1. The first-order valence-corrected chi connectivity index (χ1v) is 9.20. The molecule has 2 saturated heterocycles. The van der Waals surface area contributed by atoms with Gasteiger partial charge in [-0.3, -0.25) is 0 Å². The van der Waals surface area contributed by atoms with Gasteiger partial charge in [-0.2, -0.15) is 4.31 Å². The predicted molar refractivity (Wildman–Crippen MR) is 88.1 cm³/mol. The van der Waals surface area contributed by atoms with E-state index in [0.717, 1.165) is 24.4 Å². The van der Waals surface area contributed by atoms with Crippen molar-refractivity contribution in [2.45, 2.75) is 4.21 Å². The maximum atomic E-state index is 12.9. The second kappa shape index (κ2) is 6.94. The Labute approximate surface area is 145 Å². The Hall–Kier alpha value is -0.870. The number of carbonyl (C=O) groups excluding carboxylic acids is 1. The lowest BCUT2D eigenvalue weighted by Crippen LogP contribution is -2.31. The van der Waals surface area contributed by atoms with Gasteiger partial charge in [-0.15, -0.1) is 23.7 Å². The number of hydrogen-bond donors (Lipinski definition) is 1. The van der Waals surface area contributed by atoms with Crippen LogP contribution in [0.2, 0.25) is 0 Å². The molecule has 7 nitrogen and oxygen atoms in total. The van der Waals surface area contributed by atoms with Gasteiger partial charge >= 0.3 is 5.97 Å². The molecule has 0 spiro atoms. The van der Waals surface area contributed by atoms with Crippen LogP contribution in [0.4, 0.5) is 0 Å². The first-order chi connectivity index (χ1) is 10.5. The summed E-state index contributed by atoms with van der Waals surface area (Å²) >= 11 is 0.894. The zero-order valence-electron chi connectivity index (χ0n) is 12.8. The van der Waals surface area contributed by atoms with Crippen LogP contribution in [-0.4, -0.2) is 59.1 Å². The molecule has 1 N–H and O–H groups in total. The van der Waals surface area contributed by atoms with Crippen molar-refractivity contribution in [3.8, 4) is 5.75 Å². The molecule has 3 heterocycles. The molecule has 10 heteroatoms. The van der Waals surface area contributed by atoms with Crippen molar-refractivity contribution in [1.29, 1.82) is 0 Å². The smallest absolute Gasteiger partial charge is 0.348 e. The van der Waals surface area contributed by atoms with E-state index in [1.807, 2.05) is 0 Å².